The molecule has 1 saturated heterocycles. The van der Waals surface area contributed by atoms with Crippen LogP contribution in [0, 0.1) is 0 Å². The summed E-state index contributed by atoms with van der Waals surface area (Å²) < 4.78 is 4.82. The molecular formula is C11H13NO2S. The largest absolute Gasteiger partial charge is 0.449 e. The molecule has 0 radical (unpaired) electrons. The maximum atomic E-state index is 11.0. The van der Waals surface area contributed by atoms with E-state index in [1.165, 1.54) is 4.90 Å². The topological polar surface area (TPSA) is 38.3 Å². The van der Waals surface area contributed by atoms with Gasteiger partial charge in [-0.15, -0.1) is 11.8 Å². The van der Waals surface area contributed by atoms with Gasteiger partial charge in [0, 0.05) is 11.3 Å². The molecule has 0 bridgehead atoms. The summed E-state index contributed by atoms with van der Waals surface area (Å²) in [4.78, 5) is 12.3. The van der Waals surface area contributed by atoms with E-state index in [0.717, 1.165) is 12.0 Å². The lowest BCUT2D eigenvalue weighted by atomic mass is 10.0. The highest BCUT2D eigenvalue weighted by atomic mass is 32.2. The van der Waals surface area contributed by atoms with Crippen molar-refractivity contribution >= 4 is 17.9 Å². The van der Waals surface area contributed by atoms with Gasteiger partial charge in [-0.25, -0.2) is 4.79 Å². The van der Waals surface area contributed by atoms with Gasteiger partial charge in [0.05, 0.1) is 12.6 Å². The predicted molar refractivity (Wildman–Crippen MR) is 60.1 cm³/mol. The molecule has 0 aromatic heterocycles. The van der Waals surface area contributed by atoms with E-state index in [1.54, 1.807) is 11.8 Å². The zero-order valence-electron chi connectivity index (χ0n) is 8.53. The van der Waals surface area contributed by atoms with Gasteiger partial charge in [-0.3, -0.25) is 0 Å². The first-order valence-corrected chi connectivity index (χ1v) is 6.09. The van der Waals surface area contributed by atoms with Crippen LogP contribution in [0.4, 0.5) is 4.79 Å². The number of alkyl carbamates (subject to hydrolysis) is 1. The average molecular weight is 223 g/mol. The number of hydrogen-bond acceptors (Lipinski definition) is 3. The summed E-state index contributed by atoms with van der Waals surface area (Å²) in [6, 6.07) is 8.36. The first-order valence-electron chi connectivity index (χ1n) is 4.87. The summed E-state index contributed by atoms with van der Waals surface area (Å²) in [5.74, 6) is 0. The van der Waals surface area contributed by atoms with E-state index in [4.69, 9.17) is 4.74 Å². The molecule has 0 saturated carbocycles. The Balaban J connectivity index is 2.11. The quantitative estimate of drug-likeness (QED) is 0.783. The first kappa shape index (κ1) is 10.4. The highest BCUT2D eigenvalue weighted by Crippen LogP contribution is 2.22. The molecule has 0 spiro atoms. The number of hydrogen-bond donors (Lipinski definition) is 1. The molecule has 1 aromatic carbocycles. The van der Waals surface area contributed by atoms with E-state index >= 15 is 0 Å². The van der Waals surface area contributed by atoms with Crippen molar-refractivity contribution in [1.29, 1.82) is 0 Å². The van der Waals surface area contributed by atoms with Gasteiger partial charge in [-0.1, -0.05) is 12.1 Å². The van der Waals surface area contributed by atoms with E-state index in [0.29, 0.717) is 6.61 Å². The number of carbonyl (C=O) groups is 1. The van der Waals surface area contributed by atoms with Crippen molar-refractivity contribution in [3.8, 4) is 0 Å². The minimum Gasteiger partial charge on any atom is -0.449 e. The van der Waals surface area contributed by atoms with Crippen LogP contribution in [0.5, 0.6) is 0 Å². The van der Waals surface area contributed by atoms with Crippen molar-refractivity contribution in [2.24, 2.45) is 0 Å². The molecule has 0 aliphatic carbocycles. The maximum Gasteiger partial charge on any atom is 0.407 e. The fourth-order valence-corrected chi connectivity index (χ4v) is 2.02. The smallest absolute Gasteiger partial charge is 0.407 e. The Kier molecular flexibility index (Phi) is 3.16. The van der Waals surface area contributed by atoms with Crippen LogP contribution in [0.3, 0.4) is 0 Å². The van der Waals surface area contributed by atoms with Crippen LogP contribution in [0.1, 0.15) is 18.0 Å². The second kappa shape index (κ2) is 4.57. The van der Waals surface area contributed by atoms with Crippen LogP contribution in [0.2, 0.25) is 0 Å². The van der Waals surface area contributed by atoms with Crippen LogP contribution in [-0.2, 0) is 4.74 Å². The number of nitrogens with one attached hydrogen (secondary N) is 1. The Bertz CT molecular complexity index is 350. The molecule has 1 heterocycles. The lowest BCUT2D eigenvalue weighted by Gasteiger charge is -2.23. The molecule has 2 rings (SSSR count). The summed E-state index contributed by atoms with van der Waals surface area (Å²) in [5, 5.41) is 2.80. The summed E-state index contributed by atoms with van der Waals surface area (Å²) in [7, 11) is 0. The third kappa shape index (κ3) is 2.45. The lowest BCUT2D eigenvalue weighted by Crippen LogP contribution is -2.35. The summed E-state index contributed by atoms with van der Waals surface area (Å²) >= 11 is 1.71. The Morgan fingerprint density at radius 3 is 2.73 bits per heavy atom. The Labute approximate surface area is 93.2 Å². The number of benzene rings is 1. The minimum absolute atomic E-state index is 0.0992. The zero-order valence-corrected chi connectivity index (χ0v) is 9.34. The van der Waals surface area contributed by atoms with Gasteiger partial charge in [0.25, 0.3) is 0 Å². The molecule has 1 aliphatic rings. The number of cyclic esters (lactones) is 1. The van der Waals surface area contributed by atoms with Crippen LogP contribution in [0.25, 0.3) is 0 Å². The van der Waals surface area contributed by atoms with Gasteiger partial charge in [-0.2, -0.15) is 0 Å². The van der Waals surface area contributed by atoms with Crippen LogP contribution < -0.4 is 5.32 Å². The Morgan fingerprint density at radius 1 is 1.40 bits per heavy atom. The van der Waals surface area contributed by atoms with Gasteiger partial charge in [0.2, 0.25) is 0 Å². The first-order chi connectivity index (χ1) is 7.29. The second-order valence-corrected chi connectivity index (χ2v) is 4.27. The number of thioether (sulfide) groups is 1. The summed E-state index contributed by atoms with van der Waals surface area (Å²) in [6.07, 6.45) is 2.57. The van der Waals surface area contributed by atoms with Gasteiger partial charge in [0.1, 0.15) is 0 Å². The van der Waals surface area contributed by atoms with Gasteiger partial charge >= 0.3 is 6.09 Å². The molecule has 1 fully saturated rings. The molecule has 1 aliphatic heterocycles. The molecule has 80 valence electrons. The van der Waals surface area contributed by atoms with E-state index in [-0.39, 0.29) is 12.1 Å². The molecular weight excluding hydrogens is 210 g/mol. The molecule has 4 heteroatoms. The van der Waals surface area contributed by atoms with E-state index < -0.39 is 0 Å². The summed E-state index contributed by atoms with van der Waals surface area (Å²) in [6.45, 7) is 0.501. The average Bonchev–Trinajstić information content (AvgIpc) is 2.29. The second-order valence-electron chi connectivity index (χ2n) is 3.39. The van der Waals surface area contributed by atoms with Crippen molar-refractivity contribution in [2.75, 3.05) is 12.9 Å². The van der Waals surface area contributed by atoms with Crippen LogP contribution in [0.15, 0.2) is 29.2 Å². The maximum absolute atomic E-state index is 11.0. The van der Waals surface area contributed by atoms with Crippen molar-refractivity contribution in [1.82, 2.24) is 5.32 Å². The van der Waals surface area contributed by atoms with E-state index in [1.807, 2.05) is 6.26 Å². The molecule has 1 aromatic rings. The zero-order chi connectivity index (χ0) is 10.7. The van der Waals surface area contributed by atoms with Crippen molar-refractivity contribution in [3.05, 3.63) is 29.8 Å². The van der Waals surface area contributed by atoms with Crippen LogP contribution in [-0.4, -0.2) is 19.0 Å². The predicted octanol–water partition coefficient (Wildman–Crippen LogP) is 2.58. The fraction of sp³-hybridized carbons (Fsp3) is 0.364. The number of amides is 1. The van der Waals surface area contributed by atoms with E-state index in [2.05, 4.69) is 29.6 Å². The lowest BCUT2D eigenvalue weighted by molar-refractivity contribution is 0.115. The fourth-order valence-electron chi connectivity index (χ4n) is 1.61. The Morgan fingerprint density at radius 2 is 2.13 bits per heavy atom. The molecule has 15 heavy (non-hydrogen) atoms. The SMILES string of the molecule is CSc1ccc([C@H]2CCOC(=O)N2)cc1. The third-order valence-electron chi connectivity index (χ3n) is 2.45. The normalized spacial score (nSPS) is 20.6. The molecule has 3 nitrogen and oxygen atoms in total. The van der Waals surface area contributed by atoms with Gasteiger partial charge in [-0.05, 0) is 24.0 Å². The van der Waals surface area contributed by atoms with Crippen LogP contribution >= 0.6 is 11.8 Å². The highest BCUT2D eigenvalue weighted by Gasteiger charge is 2.20. The van der Waals surface area contributed by atoms with E-state index in [9.17, 15) is 4.79 Å². The molecule has 1 atom stereocenters. The molecule has 0 unspecified atom stereocenters. The molecule has 1 amide bonds. The van der Waals surface area contributed by atoms with Gasteiger partial charge in [0.15, 0.2) is 0 Å². The van der Waals surface area contributed by atoms with Gasteiger partial charge < -0.3 is 10.1 Å². The standard InChI is InChI=1S/C11H13NO2S/c1-15-9-4-2-8(3-5-9)10-6-7-14-11(13)12-10/h2-5,10H,6-7H2,1H3,(H,12,13)/t10-/m1/s1. The number of rotatable bonds is 2. The van der Waals surface area contributed by atoms with Crippen molar-refractivity contribution in [3.63, 3.8) is 0 Å². The van der Waals surface area contributed by atoms with Crippen molar-refractivity contribution in [2.45, 2.75) is 17.4 Å². The number of ether oxygens (including phenoxy) is 1. The molecule has 1 N–H and O–H groups in total. The van der Waals surface area contributed by atoms with Crippen molar-refractivity contribution < 1.29 is 9.53 Å². The minimum atomic E-state index is -0.319. The third-order valence-corrected chi connectivity index (χ3v) is 3.19. The summed E-state index contributed by atoms with van der Waals surface area (Å²) in [5.41, 5.74) is 1.14. The highest BCUT2D eigenvalue weighted by molar-refractivity contribution is 7.98. The monoisotopic (exact) mass is 223 g/mol. The Hall–Kier alpha value is -1.16. The number of carbonyl (C=O) groups excluding carboxylic acids is 1.